The summed E-state index contributed by atoms with van der Waals surface area (Å²) in [6.07, 6.45) is 0.456. The topological polar surface area (TPSA) is 151 Å². The zero-order chi connectivity index (χ0) is 35.4. The molecule has 3 heterocycles. The fourth-order valence-corrected chi connectivity index (χ4v) is 6.30. The van der Waals surface area contributed by atoms with E-state index in [-0.39, 0.29) is 30.7 Å². The molecule has 0 aliphatic carbocycles. The second kappa shape index (κ2) is 14.7. The van der Waals surface area contributed by atoms with E-state index >= 15 is 0 Å². The van der Waals surface area contributed by atoms with Crippen molar-refractivity contribution in [2.24, 2.45) is 0 Å². The minimum Gasteiger partial charge on any atom is -0.494 e. The van der Waals surface area contributed by atoms with Crippen LogP contribution in [-0.4, -0.2) is 94.3 Å². The molecule has 2 aromatic heterocycles. The third-order valence-electron chi connectivity index (χ3n) is 8.71. The molecule has 0 bridgehead atoms. The molecule has 1 aromatic carbocycles. The van der Waals surface area contributed by atoms with E-state index in [0.29, 0.717) is 53.9 Å². The smallest absolute Gasteiger partial charge is 0.420 e. The van der Waals surface area contributed by atoms with Crippen LogP contribution in [-0.2, 0) is 15.6 Å². The maximum Gasteiger partial charge on any atom is 0.420 e. The standard InChI is InChI=1S/C34H52N6O7Si/c1-10-45-26-15-13-24(14-16-26)39(32(44)47-33(2,3)4)30-27(20-25(41)22-46-48(8,9)34(5,6)7)29(37-28-17-18-35-40(28)30)36-23-12-11-19-38(21-23)31(42)43/h13-18,23,25,41H,10-12,19-22H2,1-9H3,(H,36,37)(H,42,43)/t23-,25?/m0/s1. The van der Waals surface area contributed by atoms with Gasteiger partial charge >= 0.3 is 12.2 Å². The van der Waals surface area contributed by atoms with Crippen molar-refractivity contribution in [3.63, 3.8) is 0 Å². The van der Waals surface area contributed by atoms with Gasteiger partial charge in [-0.3, -0.25) is 0 Å². The molecule has 1 aliphatic rings. The summed E-state index contributed by atoms with van der Waals surface area (Å²) < 4.78 is 19.6. The predicted molar refractivity (Wildman–Crippen MR) is 188 cm³/mol. The predicted octanol–water partition coefficient (Wildman–Crippen LogP) is 6.68. The van der Waals surface area contributed by atoms with E-state index in [1.54, 1.807) is 61.8 Å². The molecular weight excluding hydrogens is 632 g/mol. The second-order valence-corrected chi connectivity index (χ2v) is 19.6. The van der Waals surface area contributed by atoms with E-state index in [9.17, 15) is 19.8 Å². The van der Waals surface area contributed by atoms with Gasteiger partial charge in [0.05, 0.1) is 31.2 Å². The number of rotatable bonds is 11. The Labute approximate surface area is 284 Å². The van der Waals surface area contributed by atoms with Gasteiger partial charge in [0.25, 0.3) is 0 Å². The molecule has 2 atom stereocenters. The van der Waals surface area contributed by atoms with Crippen LogP contribution in [0.4, 0.5) is 26.9 Å². The van der Waals surface area contributed by atoms with Crippen LogP contribution < -0.4 is 15.0 Å². The molecule has 3 N–H and O–H groups in total. The van der Waals surface area contributed by atoms with Crippen molar-refractivity contribution in [3.05, 3.63) is 42.1 Å². The molecule has 264 valence electrons. The van der Waals surface area contributed by atoms with Gasteiger partial charge in [0.15, 0.2) is 19.8 Å². The average molecular weight is 685 g/mol. The maximum absolute atomic E-state index is 14.2. The van der Waals surface area contributed by atoms with Crippen molar-refractivity contribution in [1.82, 2.24) is 19.5 Å². The first-order valence-electron chi connectivity index (χ1n) is 16.6. The number of nitrogens with zero attached hydrogens (tertiary/aromatic N) is 5. The minimum atomic E-state index is -2.20. The van der Waals surface area contributed by atoms with Gasteiger partial charge in [0, 0.05) is 37.2 Å². The van der Waals surface area contributed by atoms with E-state index in [0.717, 1.165) is 6.42 Å². The van der Waals surface area contributed by atoms with Crippen LogP contribution in [0.15, 0.2) is 36.5 Å². The summed E-state index contributed by atoms with van der Waals surface area (Å²) >= 11 is 0. The number of hydrogen-bond donors (Lipinski definition) is 3. The Bertz CT molecular complexity index is 1560. The highest BCUT2D eigenvalue weighted by molar-refractivity contribution is 6.74. The number of hydrogen-bond acceptors (Lipinski definition) is 9. The molecule has 1 aliphatic heterocycles. The molecule has 1 fully saturated rings. The van der Waals surface area contributed by atoms with Gasteiger partial charge in [-0.05, 0) is 82.9 Å². The summed E-state index contributed by atoms with van der Waals surface area (Å²) in [6.45, 7) is 19.3. The summed E-state index contributed by atoms with van der Waals surface area (Å²) in [5.74, 6) is 1.40. The van der Waals surface area contributed by atoms with Crippen LogP contribution in [0.25, 0.3) is 5.65 Å². The third kappa shape index (κ3) is 8.97. The Balaban J connectivity index is 1.89. The van der Waals surface area contributed by atoms with Gasteiger partial charge in [0.1, 0.15) is 17.2 Å². The number of anilines is 3. The van der Waals surface area contributed by atoms with Gasteiger partial charge in [-0.1, -0.05) is 20.8 Å². The zero-order valence-corrected chi connectivity index (χ0v) is 30.7. The Morgan fingerprint density at radius 3 is 2.42 bits per heavy atom. The summed E-state index contributed by atoms with van der Waals surface area (Å²) in [5, 5.41) is 29.3. The highest BCUT2D eigenvalue weighted by Crippen LogP contribution is 2.38. The zero-order valence-electron chi connectivity index (χ0n) is 29.7. The van der Waals surface area contributed by atoms with Gasteiger partial charge in [-0.25, -0.2) is 19.5 Å². The molecule has 2 amide bonds. The van der Waals surface area contributed by atoms with E-state index in [2.05, 4.69) is 44.3 Å². The van der Waals surface area contributed by atoms with Crippen molar-refractivity contribution in [2.75, 3.05) is 36.5 Å². The number of carboxylic acid groups (broad SMARTS) is 1. The summed E-state index contributed by atoms with van der Waals surface area (Å²) in [4.78, 5) is 33.8. The largest absolute Gasteiger partial charge is 0.494 e. The number of aromatic nitrogens is 3. The number of piperidine rings is 1. The quantitative estimate of drug-likeness (QED) is 0.187. The highest BCUT2D eigenvalue weighted by atomic mass is 28.4. The van der Waals surface area contributed by atoms with E-state index < -0.39 is 32.2 Å². The number of benzene rings is 1. The lowest BCUT2D eigenvalue weighted by Gasteiger charge is -2.37. The summed E-state index contributed by atoms with van der Waals surface area (Å²) in [6, 6.07) is 8.57. The summed E-state index contributed by atoms with van der Waals surface area (Å²) in [7, 11) is -2.20. The number of aliphatic hydroxyl groups excluding tert-OH is 1. The van der Waals surface area contributed by atoms with Crippen molar-refractivity contribution >= 4 is 43.5 Å². The Morgan fingerprint density at radius 2 is 1.81 bits per heavy atom. The molecular formula is C34H52N6O7Si. The van der Waals surface area contributed by atoms with E-state index in [1.807, 2.05) is 6.92 Å². The Morgan fingerprint density at radius 1 is 1.12 bits per heavy atom. The Hall–Kier alpha value is -3.88. The number of likely N-dealkylation sites (tertiary alicyclic amines) is 1. The first kappa shape index (κ1) is 36.9. The fourth-order valence-electron chi connectivity index (χ4n) is 5.25. The molecule has 14 heteroatoms. The van der Waals surface area contributed by atoms with Gasteiger partial charge in [-0.15, -0.1) is 0 Å². The number of ether oxygens (including phenoxy) is 2. The number of amides is 2. The highest BCUT2D eigenvalue weighted by Gasteiger charge is 2.38. The maximum atomic E-state index is 14.2. The molecule has 1 saturated heterocycles. The molecule has 0 saturated carbocycles. The Kier molecular flexibility index (Phi) is 11.3. The normalized spacial score (nSPS) is 16.5. The second-order valence-electron chi connectivity index (χ2n) is 14.7. The fraction of sp³-hybridized carbons (Fsp3) is 0.588. The third-order valence-corrected chi connectivity index (χ3v) is 13.2. The monoisotopic (exact) mass is 684 g/mol. The molecule has 0 spiro atoms. The SMILES string of the molecule is CCOc1ccc(N(C(=O)OC(C)(C)C)c2c(CC(O)CO[Si](C)(C)C(C)(C)C)c(N[C@H]3CCCN(C(=O)O)C3)nc3ccnn23)cc1. The van der Waals surface area contributed by atoms with E-state index in [1.165, 1.54) is 9.80 Å². The molecule has 1 unspecified atom stereocenters. The lowest BCUT2D eigenvalue weighted by Crippen LogP contribution is -2.45. The first-order chi connectivity index (χ1) is 22.4. The van der Waals surface area contributed by atoms with Crippen molar-refractivity contribution in [1.29, 1.82) is 0 Å². The molecule has 3 aromatic rings. The van der Waals surface area contributed by atoms with Crippen molar-refractivity contribution < 1.29 is 33.7 Å². The van der Waals surface area contributed by atoms with Crippen LogP contribution in [0, 0.1) is 0 Å². The van der Waals surface area contributed by atoms with Crippen LogP contribution in [0.5, 0.6) is 5.75 Å². The average Bonchev–Trinajstić information content (AvgIpc) is 3.45. The lowest BCUT2D eigenvalue weighted by molar-refractivity contribution is 0.0596. The number of carbonyl (C=O) groups is 2. The van der Waals surface area contributed by atoms with Gasteiger partial charge in [0.2, 0.25) is 0 Å². The molecule has 0 radical (unpaired) electrons. The van der Waals surface area contributed by atoms with Gasteiger partial charge in [-0.2, -0.15) is 9.61 Å². The summed E-state index contributed by atoms with van der Waals surface area (Å²) in [5.41, 5.74) is 0.625. The van der Waals surface area contributed by atoms with Crippen molar-refractivity contribution in [3.8, 4) is 5.75 Å². The molecule has 4 rings (SSSR count). The van der Waals surface area contributed by atoms with Crippen LogP contribution in [0.2, 0.25) is 18.1 Å². The van der Waals surface area contributed by atoms with Crippen molar-refractivity contribution in [2.45, 2.75) is 104 Å². The number of fused-ring (bicyclic) bond motifs is 1. The number of carbonyl (C=O) groups excluding carboxylic acids is 1. The van der Waals surface area contributed by atoms with Crippen LogP contribution in [0.3, 0.4) is 0 Å². The molecule has 48 heavy (non-hydrogen) atoms. The van der Waals surface area contributed by atoms with E-state index in [4.69, 9.17) is 18.9 Å². The lowest BCUT2D eigenvalue weighted by atomic mass is 10.0. The first-order valence-corrected chi connectivity index (χ1v) is 19.5. The van der Waals surface area contributed by atoms with Crippen LogP contribution in [0.1, 0.15) is 66.9 Å². The molecule has 13 nitrogen and oxygen atoms in total. The van der Waals surface area contributed by atoms with Gasteiger partial charge < -0.3 is 34.3 Å². The minimum absolute atomic E-state index is 0.0563. The number of nitrogens with one attached hydrogen (secondary N) is 1. The number of aliphatic hydroxyl groups is 1. The van der Waals surface area contributed by atoms with Crippen LogP contribution >= 0.6 is 0 Å².